The van der Waals surface area contributed by atoms with Crippen LogP contribution in [-0.2, 0) is 4.79 Å². The van der Waals surface area contributed by atoms with Crippen molar-refractivity contribution in [3.8, 4) is 5.75 Å². The predicted octanol–water partition coefficient (Wildman–Crippen LogP) is 4.21. The summed E-state index contributed by atoms with van der Waals surface area (Å²) in [6.07, 6.45) is 6.56. The minimum absolute atomic E-state index is 0.0307. The summed E-state index contributed by atoms with van der Waals surface area (Å²) in [4.78, 5) is 25.6. The van der Waals surface area contributed by atoms with Gasteiger partial charge in [0, 0.05) is 12.6 Å². The molecule has 3 unspecified atom stereocenters. The van der Waals surface area contributed by atoms with Crippen LogP contribution in [0, 0.1) is 17.7 Å². The highest BCUT2D eigenvalue weighted by Crippen LogP contribution is 2.45. The summed E-state index contributed by atoms with van der Waals surface area (Å²) in [6, 6.07) is 2.08. The lowest BCUT2D eigenvalue weighted by Crippen LogP contribution is -2.40. The van der Waals surface area contributed by atoms with E-state index >= 15 is 0 Å². The lowest BCUT2D eigenvalue weighted by molar-refractivity contribution is -0.141. The van der Waals surface area contributed by atoms with E-state index in [1.807, 2.05) is 0 Å². The minimum Gasteiger partial charge on any atom is -0.493 e. The number of halogens is 1. The van der Waals surface area contributed by atoms with E-state index in [0.717, 1.165) is 37.2 Å². The topological polar surface area (TPSA) is 66.8 Å². The quantitative estimate of drug-likeness (QED) is 0.792. The van der Waals surface area contributed by atoms with Gasteiger partial charge in [0.2, 0.25) is 0 Å². The number of carboxylic acids is 1. The van der Waals surface area contributed by atoms with Gasteiger partial charge in [-0.25, -0.2) is 9.18 Å². The first-order valence-corrected chi connectivity index (χ1v) is 10.4. The molecule has 4 rings (SSSR count). The van der Waals surface area contributed by atoms with E-state index in [1.54, 1.807) is 6.07 Å². The Morgan fingerprint density at radius 3 is 2.64 bits per heavy atom. The molecule has 0 bridgehead atoms. The number of amides is 1. The number of ether oxygens (including phenoxy) is 1. The Hall–Kier alpha value is -2.11. The molecular weight excluding hydrogens is 361 g/mol. The summed E-state index contributed by atoms with van der Waals surface area (Å²) in [5.74, 6) is -0.103. The van der Waals surface area contributed by atoms with E-state index in [1.165, 1.54) is 17.4 Å². The van der Waals surface area contributed by atoms with Gasteiger partial charge in [-0.15, -0.1) is 0 Å². The molecule has 1 heterocycles. The van der Waals surface area contributed by atoms with Gasteiger partial charge in [0.25, 0.3) is 5.91 Å². The fourth-order valence-electron chi connectivity index (χ4n) is 4.68. The van der Waals surface area contributed by atoms with Crippen LogP contribution >= 0.6 is 0 Å². The zero-order valence-electron chi connectivity index (χ0n) is 16.3. The highest BCUT2D eigenvalue weighted by molar-refractivity contribution is 5.97. The fourth-order valence-corrected chi connectivity index (χ4v) is 4.68. The van der Waals surface area contributed by atoms with Gasteiger partial charge in [0.15, 0.2) is 0 Å². The number of carboxylic acid groups (broad SMARTS) is 1. The van der Waals surface area contributed by atoms with Gasteiger partial charge in [-0.1, -0.05) is 13.3 Å². The largest absolute Gasteiger partial charge is 0.493 e. The van der Waals surface area contributed by atoms with Crippen LogP contribution in [0.4, 0.5) is 4.39 Å². The first-order chi connectivity index (χ1) is 13.4. The number of carbonyl (C=O) groups is 2. The van der Waals surface area contributed by atoms with Crippen LogP contribution in [-0.4, -0.2) is 41.1 Å². The third-order valence-electron chi connectivity index (χ3n) is 6.42. The first-order valence-electron chi connectivity index (χ1n) is 10.4. The van der Waals surface area contributed by atoms with Crippen molar-refractivity contribution in [1.82, 2.24) is 4.90 Å². The normalized spacial score (nSPS) is 27.2. The van der Waals surface area contributed by atoms with Gasteiger partial charge < -0.3 is 14.7 Å². The molecule has 28 heavy (non-hydrogen) atoms. The second kappa shape index (κ2) is 7.72. The molecule has 1 amide bonds. The van der Waals surface area contributed by atoms with Crippen molar-refractivity contribution in [2.45, 2.75) is 63.8 Å². The number of benzene rings is 1. The van der Waals surface area contributed by atoms with Crippen molar-refractivity contribution in [3.05, 3.63) is 29.1 Å². The molecule has 1 saturated heterocycles. The minimum atomic E-state index is -1.03. The van der Waals surface area contributed by atoms with Crippen LogP contribution in [0.5, 0.6) is 5.75 Å². The molecule has 152 valence electrons. The molecule has 2 aliphatic carbocycles. The Morgan fingerprint density at radius 2 is 2.00 bits per heavy atom. The molecule has 1 aromatic rings. The smallest absolute Gasteiger partial charge is 0.326 e. The molecule has 2 saturated carbocycles. The average molecular weight is 389 g/mol. The summed E-state index contributed by atoms with van der Waals surface area (Å²) in [6.45, 7) is 3.19. The van der Waals surface area contributed by atoms with E-state index in [0.29, 0.717) is 43.6 Å². The van der Waals surface area contributed by atoms with Crippen LogP contribution in [0.3, 0.4) is 0 Å². The molecule has 0 radical (unpaired) electrons. The van der Waals surface area contributed by atoms with Gasteiger partial charge in [-0.3, -0.25) is 4.79 Å². The first kappa shape index (κ1) is 19.2. The van der Waals surface area contributed by atoms with Crippen molar-refractivity contribution in [2.24, 2.45) is 11.8 Å². The third-order valence-corrected chi connectivity index (χ3v) is 6.42. The summed E-state index contributed by atoms with van der Waals surface area (Å²) in [5, 5.41) is 9.33. The zero-order valence-corrected chi connectivity index (χ0v) is 16.3. The third kappa shape index (κ3) is 3.87. The molecule has 0 aromatic heterocycles. The van der Waals surface area contributed by atoms with Crippen molar-refractivity contribution in [1.29, 1.82) is 0 Å². The number of likely N-dealkylation sites (tertiary alicyclic amines) is 1. The van der Waals surface area contributed by atoms with Crippen LogP contribution in [0.15, 0.2) is 12.1 Å². The number of carbonyl (C=O) groups excluding carboxylic acids is 1. The van der Waals surface area contributed by atoms with Gasteiger partial charge >= 0.3 is 5.97 Å². The fraction of sp³-hybridized carbons (Fsp3) is 0.636. The van der Waals surface area contributed by atoms with Crippen molar-refractivity contribution in [2.75, 3.05) is 13.2 Å². The number of rotatable bonds is 6. The molecule has 3 fully saturated rings. The molecule has 1 aliphatic heterocycles. The SMILES string of the molecule is CC1CCC(COc2cc(F)c(C(=O)N3CCCC3C(=O)O)cc2C2CC2)C1. The van der Waals surface area contributed by atoms with E-state index in [4.69, 9.17) is 4.74 Å². The van der Waals surface area contributed by atoms with Crippen LogP contribution in [0.2, 0.25) is 0 Å². The Kier molecular flexibility index (Phi) is 5.30. The maximum absolute atomic E-state index is 14.8. The number of hydrogen-bond donors (Lipinski definition) is 1. The van der Waals surface area contributed by atoms with Crippen LogP contribution in [0.25, 0.3) is 0 Å². The summed E-state index contributed by atoms with van der Waals surface area (Å²) in [5.41, 5.74) is 0.860. The number of nitrogens with zero attached hydrogens (tertiary/aromatic N) is 1. The molecule has 6 heteroatoms. The molecule has 5 nitrogen and oxygen atoms in total. The van der Waals surface area contributed by atoms with E-state index < -0.39 is 23.7 Å². The lowest BCUT2D eigenvalue weighted by Gasteiger charge is -2.23. The van der Waals surface area contributed by atoms with E-state index in [9.17, 15) is 19.1 Å². The van der Waals surface area contributed by atoms with Crippen molar-refractivity contribution in [3.63, 3.8) is 0 Å². The van der Waals surface area contributed by atoms with Gasteiger partial charge in [-0.05, 0) is 67.9 Å². The summed E-state index contributed by atoms with van der Waals surface area (Å²) >= 11 is 0. The van der Waals surface area contributed by atoms with E-state index in [2.05, 4.69) is 6.92 Å². The second-order valence-corrected chi connectivity index (χ2v) is 8.73. The summed E-state index contributed by atoms with van der Waals surface area (Å²) in [7, 11) is 0. The molecule has 3 atom stereocenters. The number of hydrogen-bond acceptors (Lipinski definition) is 3. The lowest BCUT2D eigenvalue weighted by atomic mass is 10.0. The standard InChI is InChI=1S/C22H28FNO4/c1-13-4-5-14(9-13)12-28-20-11-18(23)17(10-16(20)15-6-7-15)21(25)24-8-2-3-19(24)22(26)27/h10-11,13-15,19H,2-9,12H2,1H3,(H,26,27). The highest BCUT2D eigenvalue weighted by Gasteiger charge is 2.37. The predicted molar refractivity (Wildman–Crippen MR) is 102 cm³/mol. The van der Waals surface area contributed by atoms with Gasteiger partial charge in [-0.2, -0.15) is 0 Å². The van der Waals surface area contributed by atoms with Gasteiger partial charge in [0.1, 0.15) is 17.6 Å². The Morgan fingerprint density at radius 1 is 1.21 bits per heavy atom. The molecule has 3 aliphatic rings. The highest BCUT2D eigenvalue weighted by atomic mass is 19.1. The van der Waals surface area contributed by atoms with Crippen LogP contribution in [0.1, 0.15) is 73.7 Å². The van der Waals surface area contributed by atoms with Gasteiger partial charge in [0.05, 0.1) is 12.2 Å². The molecule has 0 spiro atoms. The average Bonchev–Trinajstić information content (AvgIpc) is 3.22. The molecule has 1 N–H and O–H groups in total. The zero-order chi connectivity index (χ0) is 19.8. The monoisotopic (exact) mass is 389 g/mol. The Balaban J connectivity index is 1.55. The van der Waals surface area contributed by atoms with Crippen molar-refractivity contribution >= 4 is 11.9 Å². The van der Waals surface area contributed by atoms with E-state index in [-0.39, 0.29) is 5.56 Å². The maximum Gasteiger partial charge on any atom is 0.326 e. The summed E-state index contributed by atoms with van der Waals surface area (Å²) < 4.78 is 20.8. The van der Waals surface area contributed by atoms with Crippen LogP contribution < -0.4 is 4.74 Å². The number of aliphatic carboxylic acids is 1. The van der Waals surface area contributed by atoms with Crippen molar-refractivity contribution < 1.29 is 23.8 Å². The molecule has 1 aromatic carbocycles. The Labute approximate surface area is 164 Å². The Bertz CT molecular complexity index is 776. The maximum atomic E-state index is 14.8. The molecular formula is C22H28FNO4. The second-order valence-electron chi connectivity index (χ2n) is 8.73.